The van der Waals surface area contributed by atoms with Crippen LogP contribution < -0.4 is 26.0 Å². The summed E-state index contributed by atoms with van der Waals surface area (Å²) in [5, 5.41) is 29.5. The van der Waals surface area contributed by atoms with Crippen molar-refractivity contribution in [3.63, 3.8) is 0 Å². The van der Waals surface area contributed by atoms with Crippen molar-refractivity contribution >= 4 is 35.2 Å². The van der Waals surface area contributed by atoms with Gasteiger partial charge in [0.25, 0.3) is 5.91 Å². The molecule has 4 bridgehead atoms. The van der Waals surface area contributed by atoms with Gasteiger partial charge in [0.1, 0.15) is 29.1 Å². The number of aromatic nitrogens is 3. The summed E-state index contributed by atoms with van der Waals surface area (Å²) in [4.78, 5) is 53.0. The summed E-state index contributed by atoms with van der Waals surface area (Å²) in [6, 6.07) is 11.1. The molecule has 0 aliphatic carbocycles. The molecular formula is C30H36ClN7O6. The van der Waals surface area contributed by atoms with Crippen molar-refractivity contribution in [2.45, 2.75) is 70.4 Å². The van der Waals surface area contributed by atoms with Gasteiger partial charge in [-0.1, -0.05) is 47.1 Å². The summed E-state index contributed by atoms with van der Waals surface area (Å²) in [6.45, 7) is 5.11. The van der Waals surface area contributed by atoms with Gasteiger partial charge >= 0.3 is 0 Å². The van der Waals surface area contributed by atoms with Crippen molar-refractivity contribution in [1.29, 1.82) is 0 Å². The smallest absolute Gasteiger partial charge is 0.252 e. The van der Waals surface area contributed by atoms with Gasteiger partial charge in [-0.3, -0.25) is 23.9 Å². The molecule has 0 radical (unpaired) electrons. The van der Waals surface area contributed by atoms with Gasteiger partial charge in [0.2, 0.25) is 17.7 Å². The molecule has 3 aromatic rings. The van der Waals surface area contributed by atoms with Gasteiger partial charge in [-0.2, -0.15) is 0 Å². The Bertz CT molecular complexity index is 1490. The van der Waals surface area contributed by atoms with Crippen LogP contribution in [0.5, 0.6) is 5.75 Å². The zero-order chi connectivity index (χ0) is 31.9. The van der Waals surface area contributed by atoms with Gasteiger partial charge in [-0.25, -0.2) is 0 Å². The molecule has 5 N–H and O–H groups in total. The lowest BCUT2D eigenvalue weighted by Gasteiger charge is -2.30. The maximum absolute atomic E-state index is 13.4. The number of aliphatic hydroxyl groups is 1. The minimum Gasteiger partial charge on any atom is -0.492 e. The first-order chi connectivity index (χ1) is 20.9. The molecule has 2 aromatic carbocycles. The number of halogens is 1. The van der Waals surface area contributed by atoms with Crippen LogP contribution >= 0.6 is 11.6 Å². The molecule has 234 valence electrons. The summed E-state index contributed by atoms with van der Waals surface area (Å²) in [5.41, 5.74) is -0.0157. The van der Waals surface area contributed by atoms with E-state index in [2.05, 4.69) is 31.6 Å². The van der Waals surface area contributed by atoms with Crippen LogP contribution in [0.1, 0.15) is 48.8 Å². The van der Waals surface area contributed by atoms with E-state index in [4.69, 9.17) is 16.3 Å². The van der Waals surface area contributed by atoms with Crippen LogP contribution in [0, 0.1) is 0 Å². The topological polar surface area (TPSA) is 177 Å². The summed E-state index contributed by atoms with van der Waals surface area (Å²) < 4.78 is 7.39. The molecule has 3 atom stereocenters. The van der Waals surface area contributed by atoms with Crippen LogP contribution in [0.25, 0.3) is 0 Å². The Kier molecular flexibility index (Phi) is 10.6. The van der Waals surface area contributed by atoms with Crippen molar-refractivity contribution < 1.29 is 29.0 Å². The van der Waals surface area contributed by atoms with E-state index in [1.165, 1.54) is 32.9 Å². The Labute approximate surface area is 259 Å². The highest BCUT2D eigenvalue weighted by Crippen LogP contribution is 2.26. The molecule has 1 aromatic heterocycles. The molecule has 0 fully saturated rings. The average Bonchev–Trinajstić information content (AvgIpc) is 3.44. The van der Waals surface area contributed by atoms with Crippen molar-refractivity contribution in [2.24, 2.45) is 0 Å². The Morgan fingerprint density at radius 3 is 2.55 bits per heavy atom. The molecule has 0 unspecified atom stereocenters. The SMILES string of the molecule is C[C@@H](O)[C@@H]1NC(=O)C(C)(C)NC(=O)c2ccc(c(Cl)c2)OCCCn2cc(nn2)CNC(=O)[C@@H](Cc2ccccc2)NC1=O. The quantitative estimate of drug-likeness (QED) is 0.269. The van der Waals surface area contributed by atoms with Gasteiger partial charge in [-0.15, -0.1) is 5.10 Å². The highest BCUT2D eigenvalue weighted by Gasteiger charge is 2.36. The van der Waals surface area contributed by atoms with E-state index in [0.29, 0.717) is 31.0 Å². The molecule has 13 nitrogen and oxygen atoms in total. The molecule has 3 heterocycles. The van der Waals surface area contributed by atoms with E-state index in [1.807, 2.05) is 30.3 Å². The van der Waals surface area contributed by atoms with Crippen LogP contribution in [0.15, 0.2) is 54.7 Å². The first-order valence-electron chi connectivity index (χ1n) is 14.2. The summed E-state index contributed by atoms with van der Waals surface area (Å²) in [7, 11) is 0. The van der Waals surface area contributed by atoms with Crippen molar-refractivity contribution in [3.8, 4) is 5.75 Å². The minimum atomic E-state index is -1.50. The maximum Gasteiger partial charge on any atom is 0.252 e. The fourth-order valence-electron chi connectivity index (χ4n) is 4.46. The number of nitrogens with one attached hydrogen (secondary N) is 4. The largest absolute Gasteiger partial charge is 0.492 e. The Morgan fingerprint density at radius 2 is 1.84 bits per heavy atom. The van der Waals surface area contributed by atoms with E-state index in [1.54, 1.807) is 16.9 Å². The van der Waals surface area contributed by atoms with Crippen LogP contribution in [0.2, 0.25) is 5.02 Å². The Morgan fingerprint density at radius 1 is 1.09 bits per heavy atom. The third-order valence-electron chi connectivity index (χ3n) is 6.97. The number of carbonyl (C=O) groups is 4. The molecule has 5 rings (SSSR count). The molecule has 44 heavy (non-hydrogen) atoms. The number of aryl methyl sites for hydroxylation is 1. The third-order valence-corrected chi connectivity index (χ3v) is 7.27. The average molecular weight is 626 g/mol. The molecule has 14 heteroatoms. The fraction of sp³-hybridized carbons (Fsp3) is 0.400. The molecule has 0 spiro atoms. The van der Waals surface area contributed by atoms with Gasteiger partial charge in [0, 0.05) is 24.9 Å². The Hall–Kier alpha value is -4.49. The van der Waals surface area contributed by atoms with Crippen LogP contribution in [0.3, 0.4) is 0 Å². The molecule has 0 saturated carbocycles. The summed E-state index contributed by atoms with van der Waals surface area (Å²) >= 11 is 6.36. The predicted octanol–water partition coefficient (Wildman–Crippen LogP) is 1.13. The van der Waals surface area contributed by atoms with Crippen LogP contribution in [0.4, 0.5) is 0 Å². The van der Waals surface area contributed by atoms with Gasteiger partial charge < -0.3 is 31.1 Å². The lowest BCUT2D eigenvalue weighted by molar-refractivity contribution is -0.136. The number of amides is 4. The van der Waals surface area contributed by atoms with Crippen LogP contribution in [-0.2, 0) is 33.9 Å². The van der Waals surface area contributed by atoms with E-state index >= 15 is 0 Å². The number of fused-ring (bicyclic) bond motifs is 16. The van der Waals surface area contributed by atoms with E-state index in [9.17, 15) is 24.3 Å². The number of rotatable bonds is 3. The number of ether oxygens (including phenoxy) is 1. The highest BCUT2D eigenvalue weighted by atomic mass is 35.5. The van der Waals surface area contributed by atoms with Gasteiger partial charge in [0.05, 0.1) is 30.5 Å². The monoisotopic (exact) mass is 625 g/mol. The molecule has 0 saturated heterocycles. The van der Waals surface area contributed by atoms with Crippen molar-refractivity contribution in [2.75, 3.05) is 6.61 Å². The van der Waals surface area contributed by atoms with Gasteiger partial charge in [0.15, 0.2) is 0 Å². The third kappa shape index (κ3) is 8.54. The lowest BCUT2D eigenvalue weighted by Crippen LogP contribution is -2.62. The van der Waals surface area contributed by atoms with E-state index in [0.717, 1.165) is 5.56 Å². The number of carbonyl (C=O) groups excluding carboxylic acids is 4. The fourth-order valence-corrected chi connectivity index (χ4v) is 4.69. The number of hydrogen-bond donors (Lipinski definition) is 5. The van der Waals surface area contributed by atoms with Gasteiger partial charge in [-0.05, 0) is 44.5 Å². The predicted molar refractivity (Wildman–Crippen MR) is 161 cm³/mol. The van der Waals surface area contributed by atoms with Crippen molar-refractivity contribution in [3.05, 3.63) is 76.6 Å². The van der Waals surface area contributed by atoms with E-state index < -0.39 is 47.4 Å². The first kappa shape index (κ1) is 32.4. The summed E-state index contributed by atoms with van der Waals surface area (Å²) in [6.07, 6.45) is 1.09. The normalized spacial score (nSPS) is 20.8. The van der Waals surface area contributed by atoms with Crippen LogP contribution in [-0.4, -0.2) is 74.1 Å². The first-order valence-corrected chi connectivity index (χ1v) is 14.6. The van der Waals surface area contributed by atoms with Crippen molar-refractivity contribution in [1.82, 2.24) is 36.3 Å². The standard InChI is InChI=1S/C30H36ClN7O6/c1-18(39)25-28(42)33-23(14-19-8-5-4-6-9-19)27(41)32-16-21-17-38(37-36-21)12-7-13-44-24-11-10-20(15-22(24)31)26(40)35-30(2,3)29(43)34-25/h4-6,8-11,15,17-18,23,25,39H,7,12-14,16H2,1-3H3,(H,32,41)(H,33,42)(H,34,43)(H,35,40)/t18-,23-,25+/m1/s1. The molecule has 2 aliphatic heterocycles. The second kappa shape index (κ2) is 14.3. The number of benzene rings is 2. The highest BCUT2D eigenvalue weighted by molar-refractivity contribution is 6.32. The Balaban J connectivity index is 1.61. The maximum atomic E-state index is 13.4. The zero-order valence-electron chi connectivity index (χ0n) is 24.7. The minimum absolute atomic E-state index is 0.0584. The summed E-state index contributed by atoms with van der Waals surface area (Å²) in [5.74, 6) is -2.21. The molecule has 4 amide bonds. The zero-order valence-corrected chi connectivity index (χ0v) is 25.4. The lowest BCUT2D eigenvalue weighted by atomic mass is 10.0. The van der Waals surface area contributed by atoms with E-state index in [-0.39, 0.29) is 23.6 Å². The molecule has 2 aliphatic rings. The molecular weight excluding hydrogens is 590 g/mol. The number of aliphatic hydroxyl groups excluding tert-OH is 1. The second-order valence-corrected chi connectivity index (χ2v) is 11.5. The second-order valence-electron chi connectivity index (χ2n) is 11.1. The number of hydrogen-bond acceptors (Lipinski definition) is 8. The number of nitrogens with zero attached hydrogens (tertiary/aromatic N) is 3.